The van der Waals surface area contributed by atoms with E-state index in [0.29, 0.717) is 18.2 Å². The van der Waals surface area contributed by atoms with Crippen LogP contribution in [0.25, 0.3) is 0 Å². The van der Waals surface area contributed by atoms with E-state index in [0.717, 1.165) is 6.54 Å². The highest BCUT2D eigenvalue weighted by Crippen LogP contribution is 2.47. The van der Waals surface area contributed by atoms with Crippen molar-refractivity contribution in [2.75, 3.05) is 13.2 Å². The van der Waals surface area contributed by atoms with Crippen molar-refractivity contribution in [1.29, 1.82) is 0 Å². The molecular formula is C25H47NO2. The maximum atomic E-state index is 9.68. The van der Waals surface area contributed by atoms with Gasteiger partial charge in [-0.2, -0.15) is 0 Å². The van der Waals surface area contributed by atoms with Gasteiger partial charge >= 0.3 is 0 Å². The Kier molecular flexibility index (Phi) is 11.1. The van der Waals surface area contributed by atoms with Crippen LogP contribution < -0.4 is 0 Å². The third kappa shape index (κ3) is 7.80. The molecule has 0 aliphatic carbocycles. The Bertz CT molecular complexity index is 436. The average molecular weight is 394 g/mol. The first kappa shape index (κ1) is 23.9. The van der Waals surface area contributed by atoms with Crippen molar-refractivity contribution < 1.29 is 9.84 Å². The van der Waals surface area contributed by atoms with Gasteiger partial charge in [0.2, 0.25) is 0 Å². The van der Waals surface area contributed by atoms with E-state index < -0.39 is 0 Å². The van der Waals surface area contributed by atoms with Crippen LogP contribution in [0.2, 0.25) is 0 Å². The Hall–Kier alpha value is -0.380. The number of aliphatic hydroxyl groups excluding tert-OH is 1. The molecule has 28 heavy (non-hydrogen) atoms. The van der Waals surface area contributed by atoms with Crippen LogP contribution >= 0.6 is 0 Å². The van der Waals surface area contributed by atoms with E-state index >= 15 is 0 Å². The fourth-order valence-electron chi connectivity index (χ4n) is 4.48. The van der Waals surface area contributed by atoms with Gasteiger partial charge in [-0.25, -0.2) is 0 Å². The molecule has 0 amide bonds. The lowest BCUT2D eigenvalue weighted by atomic mass is 9.96. The van der Waals surface area contributed by atoms with E-state index in [2.05, 4.69) is 37.8 Å². The zero-order valence-electron chi connectivity index (χ0n) is 19.0. The summed E-state index contributed by atoms with van der Waals surface area (Å²) in [7, 11) is 0. The molecule has 0 aromatic heterocycles. The quantitative estimate of drug-likeness (QED) is 0.165. The van der Waals surface area contributed by atoms with Crippen LogP contribution in [0, 0.1) is 5.92 Å². The number of nitrogens with zero attached hydrogens (tertiary/aromatic N) is 1. The Labute approximate surface area is 174 Å². The molecule has 0 bridgehead atoms. The molecule has 3 nitrogen and oxygen atoms in total. The van der Waals surface area contributed by atoms with Gasteiger partial charge in [0.25, 0.3) is 0 Å². The molecule has 0 radical (unpaired) electrons. The van der Waals surface area contributed by atoms with Gasteiger partial charge in [0.1, 0.15) is 6.23 Å². The molecule has 0 saturated carbocycles. The monoisotopic (exact) mass is 393 g/mol. The molecule has 2 heterocycles. The molecule has 0 aromatic carbocycles. The number of epoxide rings is 1. The van der Waals surface area contributed by atoms with E-state index in [1.807, 2.05) is 0 Å². The highest BCUT2D eigenvalue weighted by molar-refractivity contribution is 5.13. The van der Waals surface area contributed by atoms with Crippen molar-refractivity contribution in [3.63, 3.8) is 0 Å². The smallest absolute Gasteiger partial charge is 0.138 e. The Morgan fingerprint density at radius 3 is 2.04 bits per heavy atom. The lowest BCUT2D eigenvalue weighted by Crippen LogP contribution is -2.31. The lowest BCUT2D eigenvalue weighted by Gasteiger charge is -2.18. The Balaban J connectivity index is 1.34. The van der Waals surface area contributed by atoms with Crippen molar-refractivity contribution in [2.24, 2.45) is 5.92 Å². The number of unbranched alkanes of at least 4 members (excludes halogenated alkanes) is 11. The Morgan fingerprint density at radius 1 is 0.929 bits per heavy atom. The van der Waals surface area contributed by atoms with Crippen LogP contribution in [0.3, 0.4) is 0 Å². The van der Waals surface area contributed by atoms with Gasteiger partial charge in [0.15, 0.2) is 0 Å². The second kappa shape index (κ2) is 13.0. The van der Waals surface area contributed by atoms with Gasteiger partial charge in [-0.05, 0) is 38.0 Å². The molecule has 2 saturated heterocycles. The molecule has 1 N–H and O–H groups in total. The van der Waals surface area contributed by atoms with Gasteiger partial charge in [-0.15, -0.1) is 0 Å². The highest BCUT2D eigenvalue weighted by atomic mass is 16.6. The number of ether oxygens (including phenoxy) is 1. The maximum Gasteiger partial charge on any atom is 0.138 e. The van der Waals surface area contributed by atoms with E-state index in [1.165, 1.54) is 89.9 Å². The summed E-state index contributed by atoms with van der Waals surface area (Å²) in [6, 6.07) is 0. The second-order valence-electron chi connectivity index (χ2n) is 9.48. The second-order valence-corrected chi connectivity index (χ2v) is 9.48. The molecular weight excluding hydrogens is 346 g/mol. The SMILES string of the molecule is CCCCCCCC/C=C\CCCCCCCC1OC1N1CC1(CO)C(C)C. The van der Waals surface area contributed by atoms with E-state index in [1.54, 1.807) is 0 Å². The van der Waals surface area contributed by atoms with Gasteiger partial charge in [-0.3, -0.25) is 4.90 Å². The topological polar surface area (TPSA) is 35.8 Å². The predicted octanol–water partition coefficient (Wildman–Crippen LogP) is 6.45. The van der Waals surface area contributed by atoms with E-state index in [-0.39, 0.29) is 12.1 Å². The molecule has 4 unspecified atom stereocenters. The number of hydrogen-bond donors (Lipinski definition) is 1. The van der Waals surface area contributed by atoms with E-state index in [4.69, 9.17) is 4.74 Å². The largest absolute Gasteiger partial charge is 0.394 e. The predicted molar refractivity (Wildman–Crippen MR) is 119 cm³/mol. The summed E-state index contributed by atoms with van der Waals surface area (Å²) in [5.41, 5.74) is 0.0159. The summed E-state index contributed by atoms with van der Waals surface area (Å²) in [5, 5.41) is 9.68. The van der Waals surface area contributed by atoms with Crippen molar-refractivity contribution in [2.45, 2.75) is 129 Å². The third-order valence-corrected chi connectivity index (χ3v) is 6.87. The Morgan fingerprint density at radius 2 is 1.50 bits per heavy atom. The lowest BCUT2D eigenvalue weighted by molar-refractivity contribution is 0.153. The molecule has 2 aliphatic heterocycles. The molecule has 0 spiro atoms. The molecule has 2 fully saturated rings. The minimum Gasteiger partial charge on any atom is -0.394 e. The minimum absolute atomic E-state index is 0.0159. The first-order valence-corrected chi connectivity index (χ1v) is 12.3. The van der Waals surface area contributed by atoms with Gasteiger partial charge in [0.05, 0.1) is 18.2 Å². The first-order valence-electron chi connectivity index (χ1n) is 12.3. The van der Waals surface area contributed by atoms with Gasteiger partial charge in [-0.1, -0.05) is 90.7 Å². The van der Waals surface area contributed by atoms with Crippen LogP contribution in [0.4, 0.5) is 0 Å². The summed E-state index contributed by atoms with van der Waals surface area (Å²) in [4.78, 5) is 2.37. The van der Waals surface area contributed by atoms with Crippen LogP contribution in [0.5, 0.6) is 0 Å². The summed E-state index contributed by atoms with van der Waals surface area (Å²) in [6.45, 7) is 7.97. The van der Waals surface area contributed by atoms with Crippen LogP contribution in [-0.4, -0.2) is 41.0 Å². The maximum absolute atomic E-state index is 9.68. The highest BCUT2D eigenvalue weighted by Gasteiger charge is 2.63. The number of aliphatic hydroxyl groups is 1. The third-order valence-electron chi connectivity index (χ3n) is 6.87. The first-order chi connectivity index (χ1) is 13.7. The van der Waals surface area contributed by atoms with Crippen LogP contribution in [0.1, 0.15) is 111 Å². The van der Waals surface area contributed by atoms with Crippen molar-refractivity contribution >= 4 is 0 Å². The normalized spacial score (nSPS) is 29.1. The fraction of sp³-hybridized carbons (Fsp3) is 0.920. The van der Waals surface area contributed by atoms with E-state index in [9.17, 15) is 5.11 Å². The van der Waals surface area contributed by atoms with Gasteiger partial charge < -0.3 is 9.84 Å². The zero-order chi connectivity index (χ0) is 20.2. The molecule has 164 valence electrons. The van der Waals surface area contributed by atoms with Crippen molar-refractivity contribution in [1.82, 2.24) is 4.90 Å². The number of hydrogen-bond acceptors (Lipinski definition) is 3. The standard InChI is InChI=1S/C25H47NO2/c1-4-5-6-7-8-9-10-11-12-13-14-15-16-17-18-19-23-24(28-23)26-20-25(26,21-27)22(2)3/h11-12,22-24,27H,4-10,13-21H2,1-3H3/b12-11-. The minimum atomic E-state index is 0.0159. The molecule has 0 aromatic rings. The van der Waals surface area contributed by atoms with Crippen LogP contribution in [0.15, 0.2) is 12.2 Å². The van der Waals surface area contributed by atoms with Crippen molar-refractivity contribution in [3.05, 3.63) is 12.2 Å². The summed E-state index contributed by atoms with van der Waals surface area (Å²) >= 11 is 0. The number of allylic oxidation sites excluding steroid dienone is 2. The number of rotatable bonds is 18. The van der Waals surface area contributed by atoms with Crippen molar-refractivity contribution in [3.8, 4) is 0 Å². The molecule has 4 atom stereocenters. The summed E-state index contributed by atoms with van der Waals surface area (Å²) in [5.74, 6) is 0.502. The van der Waals surface area contributed by atoms with Crippen LogP contribution in [-0.2, 0) is 4.74 Å². The fourth-order valence-corrected chi connectivity index (χ4v) is 4.48. The van der Waals surface area contributed by atoms with Gasteiger partial charge in [0, 0.05) is 6.54 Å². The molecule has 2 rings (SSSR count). The average Bonchev–Trinajstić information content (AvgIpc) is 3.58. The molecule has 2 aliphatic rings. The zero-order valence-corrected chi connectivity index (χ0v) is 19.0. The molecule has 3 heteroatoms. The summed E-state index contributed by atoms with van der Waals surface area (Å²) in [6.07, 6.45) is 24.3. The summed E-state index contributed by atoms with van der Waals surface area (Å²) < 4.78 is 5.87.